The fraction of sp³-hybridized carbons (Fsp3) is 0.357. The zero-order valence-corrected chi connectivity index (χ0v) is 15.7. The number of rotatable bonds is 2. The Labute approximate surface area is 134 Å². The molecule has 3 rings (SSSR count). The summed E-state index contributed by atoms with van der Waals surface area (Å²) in [4.78, 5) is 7.08. The summed E-state index contributed by atoms with van der Waals surface area (Å²) >= 11 is -0.931. The Hall–Kier alpha value is -0.247. The van der Waals surface area contributed by atoms with Crippen molar-refractivity contribution in [3.63, 3.8) is 0 Å². The van der Waals surface area contributed by atoms with Crippen LogP contribution in [0, 0.1) is 0 Å². The summed E-state index contributed by atoms with van der Waals surface area (Å²) in [7, 11) is 9.90. The molecule has 1 aliphatic rings. The summed E-state index contributed by atoms with van der Waals surface area (Å²) in [5.41, 5.74) is 2.23. The van der Waals surface area contributed by atoms with E-state index in [1.54, 1.807) is 0 Å². The van der Waals surface area contributed by atoms with Gasteiger partial charge in [-0.05, 0) is 12.1 Å². The quantitative estimate of drug-likeness (QED) is 0.763. The van der Waals surface area contributed by atoms with Crippen LogP contribution in [-0.4, -0.2) is 36.2 Å². The Bertz CT molecular complexity index is 535. The number of nitrogens with zero attached hydrogens (tertiary/aromatic N) is 2. The van der Waals surface area contributed by atoms with Gasteiger partial charge in [-0.3, -0.25) is 9.88 Å². The third kappa shape index (κ3) is 4.94. The zero-order chi connectivity index (χ0) is 14.2. The molecule has 0 atom stereocenters. The number of halogens is 2. The SMILES string of the molecule is [Cl][Zn][Cl].c1ccc2nc(CN3CCOCC3)ccc2c1. The second-order valence-electron chi connectivity index (χ2n) is 4.48. The molecule has 3 nitrogen and oxygen atoms in total. The number of fused-ring (bicyclic) bond motifs is 1. The first-order valence-electron chi connectivity index (χ1n) is 6.60. The molecular weight excluding hydrogens is 348 g/mol. The molecule has 0 spiro atoms. The minimum Gasteiger partial charge on any atom is -0.379 e. The van der Waals surface area contributed by atoms with Gasteiger partial charge in [-0.1, -0.05) is 24.3 Å². The van der Waals surface area contributed by atoms with Gasteiger partial charge in [-0.2, -0.15) is 0 Å². The van der Waals surface area contributed by atoms with Crippen LogP contribution in [0.3, 0.4) is 0 Å². The van der Waals surface area contributed by atoms with Crippen LogP contribution < -0.4 is 0 Å². The molecule has 6 heteroatoms. The summed E-state index contributed by atoms with van der Waals surface area (Å²) in [5, 5.41) is 1.21. The molecule has 2 heterocycles. The van der Waals surface area contributed by atoms with Crippen molar-refractivity contribution in [1.82, 2.24) is 9.88 Å². The standard InChI is InChI=1S/C14H16N2O.2ClH.Zn/c1-2-4-14-12(3-1)5-6-13(15-14)11-16-7-9-17-10-8-16;;;/h1-6H,7-11H2;2*1H;/q;;;+2/p-2. The van der Waals surface area contributed by atoms with Gasteiger partial charge in [0.05, 0.1) is 24.4 Å². The minimum atomic E-state index is -0.931. The van der Waals surface area contributed by atoms with Crippen molar-refractivity contribution in [3.8, 4) is 0 Å². The molecule has 0 amide bonds. The summed E-state index contributed by atoms with van der Waals surface area (Å²) in [6.07, 6.45) is 0. The molecule has 0 radical (unpaired) electrons. The first-order valence-corrected chi connectivity index (χ1v) is 14.4. The number of para-hydroxylation sites is 1. The molecule has 1 aliphatic heterocycles. The van der Waals surface area contributed by atoms with E-state index < -0.39 is 15.1 Å². The largest absolute Gasteiger partial charge is 0.379 e. The average Bonchev–Trinajstić information content (AvgIpc) is 2.49. The van der Waals surface area contributed by atoms with Gasteiger partial charge in [0.15, 0.2) is 0 Å². The van der Waals surface area contributed by atoms with Crippen molar-refractivity contribution in [2.75, 3.05) is 26.3 Å². The first kappa shape index (κ1) is 16.1. The monoisotopic (exact) mass is 362 g/mol. The van der Waals surface area contributed by atoms with E-state index in [0.29, 0.717) is 0 Å². The maximum absolute atomic E-state index is 5.35. The van der Waals surface area contributed by atoms with E-state index in [1.807, 2.05) is 12.1 Å². The van der Waals surface area contributed by atoms with E-state index in [0.717, 1.165) is 44.1 Å². The Morgan fingerprint density at radius 1 is 1.10 bits per heavy atom. The van der Waals surface area contributed by atoms with Crippen molar-refractivity contribution in [3.05, 3.63) is 42.1 Å². The van der Waals surface area contributed by atoms with Gasteiger partial charge >= 0.3 is 34.5 Å². The van der Waals surface area contributed by atoms with E-state index >= 15 is 0 Å². The topological polar surface area (TPSA) is 25.4 Å². The van der Waals surface area contributed by atoms with Crippen LogP contribution in [0.4, 0.5) is 0 Å². The maximum atomic E-state index is 5.35. The summed E-state index contributed by atoms with van der Waals surface area (Å²) in [5.74, 6) is 0. The number of pyridine rings is 1. The molecule has 1 aromatic carbocycles. The predicted molar refractivity (Wildman–Crippen MR) is 79.5 cm³/mol. The zero-order valence-electron chi connectivity index (χ0n) is 11.3. The third-order valence-corrected chi connectivity index (χ3v) is 3.15. The Morgan fingerprint density at radius 3 is 2.55 bits per heavy atom. The van der Waals surface area contributed by atoms with Gasteiger partial charge in [-0.15, -0.1) is 0 Å². The van der Waals surface area contributed by atoms with Gasteiger partial charge in [-0.25, -0.2) is 0 Å². The number of benzene rings is 1. The summed E-state index contributed by atoms with van der Waals surface area (Å²) in [6, 6.07) is 12.5. The van der Waals surface area contributed by atoms with Crippen LogP contribution in [0.5, 0.6) is 0 Å². The maximum Gasteiger partial charge on any atom is 0.0705 e. The summed E-state index contributed by atoms with van der Waals surface area (Å²) in [6.45, 7) is 4.62. The van der Waals surface area contributed by atoms with E-state index in [9.17, 15) is 0 Å². The molecule has 0 saturated carbocycles. The molecule has 20 heavy (non-hydrogen) atoms. The van der Waals surface area contributed by atoms with Gasteiger partial charge < -0.3 is 4.74 Å². The molecule has 0 bridgehead atoms. The van der Waals surface area contributed by atoms with Gasteiger partial charge in [0, 0.05) is 25.0 Å². The van der Waals surface area contributed by atoms with Crippen LogP contribution in [0.25, 0.3) is 10.9 Å². The Morgan fingerprint density at radius 2 is 1.80 bits per heavy atom. The van der Waals surface area contributed by atoms with Crippen molar-refractivity contribution >= 4 is 30.3 Å². The van der Waals surface area contributed by atoms with Gasteiger partial charge in [0.25, 0.3) is 0 Å². The fourth-order valence-electron chi connectivity index (χ4n) is 2.18. The van der Waals surface area contributed by atoms with Crippen molar-refractivity contribution in [2.45, 2.75) is 6.54 Å². The molecule has 0 N–H and O–H groups in total. The number of ether oxygens (including phenoxy) is 1. The van der Waals surface area contributed by atoms with Crippen LogP contribution in [-0.2, 0) is 26.4 Å². The van der Waals surface area contributed by atoms with E-state index in [2.05, 4.69) is 34.1 Å². The third-order valence-electron chi connectivity index (χ3n) is 3.15. The molecule has 2 aromatic rings. The second-order valence-corrected chi connectivity index (χ2v) is 9.11. The first-order chi connectivity index (χ1) is 9.83. The van der Waals surface area contributed by atoms with Crippen molar-refractivity contribution in [1.29, 1.82) is 0 Å². The predicted octanol–water partition coefficient (Wildman–Crippen LogP) is 3.44. The smallest absolute Gasteiger partial charge is 0.0705 e. The minimum absolute atomic E-state index is 0.841. The molecule has 1 aromatic heterocycles. The number of aromatic nitrogens is 1. The van der Waals surface area contributed by atoms with Crippen molar-refractivity contribution < 1.29 is 19.9 Å². The van der Waals surface area contributed by atoms with Crippen molar-refractivity contribution in [2.24, 2.45) is 0 Å². The second kappa shape index (κ2) is 8.91. The number of hydrogen-bond donors (Lipinski definition) is 0. The van der Waals surface area contributed by atoms with Crippen LogP contribution >= 0.6 is 19.4 Å². The van der Waals surface area contributed by atoms with Crippen LogP contribution in [0.15, 0.2) is 36.4 Å². The summed E-state index contributed by atoms with van der Waals surface area (Å²) < 4.78 is 5.35. The molecule has 0 aliphatic carbocycles. The Balaban J connectivity index is 0.000000452. The molecule has 1 fully saturated rings. The normalized spacial score (nSPS) is 15.3. The van der Waals surface area contributed by atoms with Gasteiger partial charge in [0.1, 0.15) is 0 Å². The molecule has 1 saturated heterocycles. The average molecular weight is 365 g/mol. The molecule has 104 valence electrons. The fourth-order valence-corrected chi connectivity index (χ4v) is 2.18. The van der Waals surface area contributed by atoms with E-state index in [-0.39, 0.29) is 0 Å². The molecule has 0 unspecified atom stereocenters. The van der Waals surface area contributed by atoms with Crippen LogP contribution in [0.1, 0.15) is 5.69 Å². The number of morpholine rings is 1. The van der Waals surface area contributed by atoms with E-state index in [1.165, 1.54) is 5.39 Å². The van der Waals surface area contributed by atoms with Crippen LogP contribution in [0.2, 0.25) is 0 Å². The van der Waals surface area contributed by atoms with E-state index in [4.69, 9.17) is 24.1 Å². The molecular formula is C14H16Cl2N2OZn. The number of hydrogen-bond acceptors (Lipinski definition) is 3. The Kier molecular flexibility index (Phi) is 7.19. The van der Waals surface area contributed by atoms with Gasteiger partial charge in [0.2, 0.25) is 0 Å².